The third kappa shape index (κ3) is 2.83. The zero-order chi connectivity index (χ0) is 14.8. The highest BCUT2D eigenvalue weighted by molar-refractivity contribution is 5.49. The van der Waals surface area contributed by atoms with Gasteiger partial charge in [0.05, 0.1) is 17.8 Å². The van der Waals surface area contributed by atoms with Crippen LogP contribution in [0.5, 0.6) is 0 Å². The van der Waals surface area contributed by atoms with Crippen molar-refractivity contribution in [3.63, 3.8) is 0 Å². The summed E-state index contributed by atoms with van der Waals surface area (Å²) in [7, 11) is 0. The molecule has 0 aliphatic carbocycles. The summed E-state index contributed by atoms with van der Waals surface area (Å²) in [5, 5.41) is 12.9. The number of anilines is 1. The van der Waals surface area contributed by atoms with Crippen LogP contribution >= 0.6 is 0 Å². The molecule has 0 saturated heterocycles. The number of hydrogen-bond donors (Lipinski definition) is 2. The number of para-hydroxylation sites is 1. The summed E-state index contributed by atoms with van der Waals surface area (Å²) >= 11 is 0. The van der Waals surface area contributed by atoms with Gasteiger partial charge in [-0.15, -0.1) is 0 Å². The van der Waals surface area contributed by atoms with Crippen molar-refractivity contribution in [3.8, 4) is 0 Å². The first-order valence-corrected chi connectivity index (χ1v) is 6.67. The molecule has 0 fully saturated rings. The highest BCUT2D eigenvalue weighted by atomic mass is 19.1. The second kappa shape index (κ2) is 5.63. The van der Waals surface area contributed by atoms with Crippen LogP contribution in [0, 0.1) is 19.7 Å². The van der Waals surface area contributed by atoms with Gasteiger partial charge in [0, 0.05) is 0 Å². The molecule has 2 rings (SSSR count). The first-order valence-electron chi connectivity index (χ1n) is 6.67. The molecule has 0 spiro atoms. The summed E-state index contributed by atoms with van der Waals surface area (Å²) in [5.74, 6) is -0.323. The van der Waals surface area contributed by atoms with Gasteiger partial charge in [-0.25, -0.2) is 4.39 Å². The maximum atomic E-state index is 13.8. The number of hydrogen-bond acceptors (Lipinski definition) is 2. The number of rotatable bonds is 4. The summed E-state index contributed by atoms with van der Waals surface area (Å²) in [6, 6.07) is 12.5. The van der Waals surface area contributed by atoms with Gasteiger partial charge in [-0.3, -0.25) is 0 Å². The Bertz CT molecular complexity index is 612. The van der Waals surface area contributed by atoms with E-state index in [4.69, 9.17) is 0 Å². The number of nitrogens with one attached hydrogen (secondary N) is 1. The van der Waals surface area contributed by atoms with E-state index in [1.807, 2.05) is 39.0 Å². The fraction of sp³-hybridized carbons (Fsp3) is 0.294. The van der Waals surface area contributed by atoms with E-state index in [9.17, 15) is 9.50 Å². The van der Waals surface area contributed by atoms with Crippen molar-refractivity contribution in [3.05, 3.63) is 65.0 Å². The van der Waals surface area contributed by atoms with E-state index in [0.29, 0.717) is 5.69 Å². The molecule has 0 bridgehead atoms. The number of aliphatic hydroxyl groups is 1. The average molecular weight is 273 g/mol. The predicted octanol–water partition coefficient (Wildman–Crippen LogP) is 3.76. The van der Waals surface area contributed by atoms with Gasteiger partial charge < -0.3 is 10.4 Å². The van der Waals surface area contributed by atoms with E-state index in [1.165, 1.54) is 11.6 Å². The molecule has 0 radical (unpaired) electrons. The van der Waals surface area contributed by atoms with Gasteiger partial charge in [-0.05, 0) is 49.6 Å². The molecule has 0 aliphatic heterocycles. The van der Waals surface area contributed by atoms with Crippen molar-refractivity contribution in [2.24, 2.45) is 0 Å². The van der Waals surface area contributed by atoms with Crippen LogP contribution in [0.25, 0.3) is 0 Å². The third-order valence-corrected chi connectivity index (χ3v) is 3.74. The van der Waals surface area contributed by atoms with Crippen LogP contribution in [0.4, 0.5) is 10.1 Å². The summed E-state index contributed by atoms with van der Waals surface area (Å²) in [4.78, 5) is 0. The predicted molar refractivity (Wildman–Crippen MR) is 80.4 cm³/mol. The topological polar surface area (TPSA) is 32.3 Å². The van der Waals surface area contributed by atoms with Gasteiger partial charge in [0.2, 0.25) is 0 Å². The SMILES string of the molecule is Cc1ccc(C(C)(CO)Nc2ccccc2F)cc1C. The summed E-state index contributed by atoms with van der Waals surface area (Å²) in [6.45, 7) is 5.81. The molecule has 2 aromatic carbocycles. The number of aryl methyl sites for hydroxylation is 2. The van der Waals surface area contributed by atoms with Crippen LogP contribution in [0.2, 0.25) is 0 Å². The molecule has 0 aromatic heterocycles. The molecule has 0 saturated carbocycles. The smallest absolute Gasteiger partial charge is 0.146 e. The molecular formula is C17H20FNO. The van der Waals surface area contributed by atoms with Crippen molar-refractivity contribution in [1.82, 2.24) is 0 Å². The Labute approximate surface area is 119 Å². The lowest BCUT2D eigenvalue weighted by molar-refractivity contribution is 0.223. The molecule has 2 N–H and O–H groups in total. The minimum absolute atomic E-state index is 0.121. The van der Waals surface area contributed by atoms with Crippen LogP contribution in [-0.2, 0) is 5.54 Å². The average Bonchev–Trinajstić information content (AvgIpc) is 2.44. The van der Waals surface area contributed by atoms with Crippen LogP contribution < -0.4 is 5.32 Å². The maximum absolute atomic E-state index is 13.8. The van der Waals surface area contributed by atoms with Gasteiger partial charge in [0.15, 0.2) is 0 Å². The van der Waals surface area contributed by atoms with Gasteiger partial charge in [-0.1, -0.05) is 30.3 Å². The Kier molecular flexibility index (Phi) is 4.09. The minimum Gasteiger partial charge on any atom is -0.394 e. The lowest BCUT2D eigenvalue weighted by atomic mass is 9.90. The Balaban J connectivity index is 2.38. The molecule has 0 aliphatic rings. The number of halogens is 1. The normalized spacial score (nSPS) is 13.8. The third-order valence-electron chi connectivity index (χ3n) is 3.74. The van der Waals surface area contributed by atoms with Crippen LogP contribution in [0.1, 0.15) is 23.6 Å². The van der Waals surface area contributed by atoms with E-state index < -0.39 is 5.54 Å². The molecule has 0 heterocycles. The highest BCUT2D eigenvalue weighted by Crippen LogP contribution is 2.28. The second-order valence-corrected chi connectivity index (χ2v) is 5.39. The molecule has 3 heteroatoms. The fourth-order valence-electron chi connectivity index (χ4n) is 2.15. The van der Waals surface area contributed by atoms with Crippen LogP contribution in [0.15, 0.2) is 42.5 Å². The van der Waals surface area contributed by atoms with Crippen molar-refractivity contribution in [2.75, 3.05) is 11.9 Å². The zero-order valence-electron chi connectivity index (χ0n) is 12.1. The zero-order valence-corrected chi connectivity index (χ0v) is 12.1. The Morgan fingerprint density at radius 2 is 1.80 bits per heavy atom. The van der Waals surface area contributed by atoms with Gasteiger partial charge in [-0.2, -0.15) is 0 Å². The summed E-state index contributed by atoms with van der Waals surface area (Å²) in [5.41, 5.74) is 2.95. The lowest BCUT2D eigenvalue weighted by Gasteiger charge is -2.31. The maximum Gasteiger partial charge on any atom is 0.146 e. The van der Waals surface area contributed by atoms with E-state index in [2.05, 4.69) is 5.32 Å². The molecule has 1 unspecified atom stereocenters. The van der Waals surface area contributed by atoms with Crippen molar-refractivity contribution in [1.29, 1.82) is 0 Å². The minimum atomic E-state index is -0.722. The van der Waals surface area contributed by atoms with Gasteiger partial charge in [0.25, 0.3) is 0 Å². The number of benzene rings is 2. The second-order valence-electron chi connectivity index (χ2n) is 5.39. The standard InChI is InChI=1S/C17H20FNO/c1-12-8-9-14(10-13(12)2)17(3,11-20)19-16-7-5-4-6-15(16)18/h4-10,19-20H,11H2,1-3H3. The van der Waals surface area contributed by atoms with Crippen molar-refractivity contribution in [2.45, 2.75) is 26.3 Å². The van der Waals surface area contributed by atoms with Crippen LogP contribution in [-0.4, -0.2) is 11.7 Å². The Morgan fingerprint density at radius 1 is 1.10 bits per heavy atom. The van der Waals surface area contributed by atoms with Crippen molar-refractivity contribution < 1.29 is 9.50 Å². The van der Waals surface area contributed by atoms with E-state index in [1.54, 1.807) is 18.2 Å². The summed E-state index contributed by atoms with van der Waals surface area (Å²) < 4.78 is 13.8. The van der Waals surface area contributed by atoms with Gasteiger partial charge >= 0.3 is 0 Å². The molecule has 106 valence electrons. The fourth-order valence-corrected chi connectivity index (χ4v) is 2.15. The quantitative estimate of drug-likeness (QED) is 0.889. The highest BCUT2D eigenvalue weighted by Gasteiger charge is 2.26. The number of aliphatic hydroxyl groups excluding tert-OH is 1. The Morgan fingerprint density at radius 3 is 2.40 bits per heavy atom. The first kappa shape index (κ1) is 14.5. The Hall–Kier alpha value is -1.87. The largest absolute Gasteiger partial charge is 0.394 e. The molecule has 20 heavy (non-hydrogen) atoms. The van der Waals surface area contributed by atoms with E-state index in [-0.39, 0.29) is 12.4 Å². The molecule has 1 atom stereocenters. The van der Waals surface area contributed by atoms with Crippen molar-refractivity contribution >= 4 is 5.69 Å². The van der Waals surface area contributed by atoms with Gasteiger partial charge in [0.1, 0.15) is 5.82 Å². The molecular weight excluding hydrogens is 253 g/mol. The van der Waals surface area contributed by atoms with E-state index >= 15 is 0 Å². The molecule has 0 amide bonds. The lowest BCUT2D eigenvalue weighted by Crippen LogP contribution is -2.36. The first-order chi connectivity index (χ1) is 9.46. The molecule has 2 nitrogen and oxygen atoms in total. The molecule has 2 aromatic rings. The van der Waals surface area contributed by atoms with E-state index in [0.717, 1.165) is 11.1 Å². The van der Waals surface area contributed by atoms with Crippen LogP contribution in [0.3, 0.4) is 0 Å². The summed E-state index contributed by atoms with van der Waals surface area (Å²) in [6.07, 6.45) is 0. The monoisotopic (exact) mass is 273 g/mol.